The minimum Gasteiger partial charge on any atom is -0.497 e. The van der Waals surface area contributed by atoms with Gasteiger partial charge in [-0.1, -0.05) is 42.1 Å². The summed E-state index contributed by atoms with van der Waals surface area (Å²) in [6, 6.07) is 22.0. The average Bonchev–Trinajstić information content (AvgIpc) is 3.29. The Labute approximate surface area is 200 Å². The van der Waals surface area contributed by atoms with Gasteiger partial charge in [-0.25, -0.2) is 4.39 Å². The zero-order chi connectivity index (χ0) is 23.9. The Bertz CT molecular complexity index is 1290. The molecule has 0 saturated heterocycles. The van der Waals surface area contributed by atoms with Crippen LogP contribution >= 0.6 is 11.8 Å². The minimum absolute atomic E-state index is 0.0298. The quantitative estimate of drug-likeness (QED) is 0.286. The highest BCUT2D eigenvalue weighted by Gasteiger charge is 2.18. The predicted molar refractivity (Wildman–Crippen MR) is 127 cm³/mol. The summed E-state index contributed by atoms with van der Waals surface area (Å²) in [7, 11) is 1.57. The Balaban J connectivity index is 1.52. The number of thioether (sulfide) groups is 1. The molecule has 7 nitrogen and oxygen atoms in total. The van der Waals surface area contributed by atoms with Crippen molar-refractivity contribution in [2.24, 2.45) is 0 Å². The fraction of sp³-hybridized carbons (Fsp3) is 0.120. The molecule has 1 heterocycles. The van der Waals surface area contributed by atoms with E-state index in [4.69, 9.17) is 4.74 Å². The van der Waals surface area contributed by atoms with E-state index in [9.17, 15) is 14.0 Å². The molecule has 1 aromatic heterocycles. The average molecular weight is 477 g/mol. The van der Waals surface area contributed by atoms with Crippen molar-refractivity contribution < 1.29 is 18.7 Å². The van der Waals surface area contributed by atoms with Crippen LogP contribution in [0.5, 0.6) is 5.75 Å². The minimum atomic E-state index is -0.599. The van der Waals surface area contributed by atoms with E-state index in [1.807, 2.05) is 30.3 Å². The summed E-state index contributed by atoms with van der Waals surface area (Å²) in [4.78, 5) is 25.1. The normalized spacial score (nSPS) is 10.6. The van der Waals surface area contributed by atoms with Gasteiger partial charge in [0.2, 0.25) is 0 Å². The molecule has 3 aromatic carbocycles. The van der Waals surface area contributed by atoms with E-state index in [2.05, 4.69) is 15.5 Å². The highest BCUT2D eigenvalue weighted by molar-refractivity contribution is 7.99. The largest absolute Gasteiger partial charge is 0.497 e. The van der Waals surface area contributed by atoms with Crippen molar-refractivity contribution in [3.8, 4) is 11.4 Å². The Morgan fingerprint density at radius 3 is 2.38 bits per heavy atom. The van der Waals surface area contributed by atoms with E-state index in [0.29, 0.717) is 22.3 Å². The zero-order valence-electron chi connectivity index (χ0n) is 18.3. The van der Waals surface area contributed by atoms with Gasteiger partial charge < -0.3 is 10.1 Å². The predicted octanol–water partition coefficient (Wildman–Crippen LogP) is 4.32. The van der Waals surface area contributed by atoms with Crippen molar-refractivity contribution in [2.45, 2.75) is 11.7 Å². The van der Waals surface area contributed by atoms with Crippen molar-refractivity contribution in [3.05, 3.63) is 102 Å². The third-order valence-electron chi connectivity index (χ3n) is 4.98. The van der Waals surface area contributed by atoms with Crippen LogP contribution in [0.25, 0.3) is 5.69 Å². The number of carbonyl (C=O) groups excluding carboxylic acids is 2. The number of Topliss-reactive ketones (excluding diaryl/α,β-unsaturated/α-hetero) is 1. The molecule has 0 unspecified atom stereocenters. The van der Waals surface area contributed by atoms with E-state index in [0.717, 1.165) is 5.69 Å². The van der Waals surface area contributed by atoms with Crippen molar-refractivity contribution >= 4 is 23.5 Å². The first kappa shape index (κ1) is 23.2. The summed E-state index contributed by atoms with van der Waals surface area (Å²) < 4.78 is 20.8. The fourth-order valence-corrected chi connectivity index (χ4v) is 4.10. The number of ether oxygens (including phenoxy) is 1. The number of ketones is 1. The second-order valence-corrected chi connectivity index (χ2v) is 8.12. The van der Waals surface area contributed by atoms with Gasteiger partial charge in [0.15, 0.2) is 16.8 Å². The van der Waals surface area contributed by atoms with Crippen LogP contribution in [-0.4, -0.2) is 39.3 Å². The summed E-state index contributed by atoms with van der Waals surface area (Å²) >= 11 is 1.24. The number of halogens is 1. The van der Waals surface area contributed by atoms with Crippen LogP contribution in [0.1, 0.15) is 26.5 Å². The number of amides is 1. The van der Waals surface area contributed by atoms with Crippen LogP contribution in [0.15, 0.2) is 84.0 Å². The molecular formula is C25H21FN4O3S. The number of rotatable bonds is 9. The van der Waals surface area contributed by atoms with Crippen molar-refractivity contribution in [1.82, 2.24) is 20.1 Å². The number of para-hydroxylation sites is 1. The van der Waals surface area contributed by atoms with Gasteiger partial charge in [-0.15, -0.1) is 10.2 Å². The number of hydrogen-bond acceptors (Lipinski definition) is 6. The first-order chi connectivity index (χ1) is 16.6. The van der Waals surface area contributed by atoms with E-state index in [-0.39, 0.29) is 23.6 Å². The van der Waals surface area contributed by atoms with Gasteiger partial charge in [0.25, 0.3) is 5.91 Å². The van der Waals surface area contributed by atoms with E-state index < -0.39 is 11.7 Å². The summed E-state index contributed by atoms with van der Waals surface area (Å²) in [6.07, 6.45) is 0. The van der Waals surface area contributed by atoms with Gasteiger partial charge >= 0.3 is 0 Å². The maximum Gasteiger partial charge on any atom is 0.254 e. The van der Waals surface area contributed by atoms with Crippen LogP contribution in [0, 0.1) is 5.82 Å². The lowest BCUT2D eigenvalue weighted by atomic mass is 10.1. The molecule has 1 N–H and O–H groups in total. The van der Waals surface area contributed by atoms with Crippen LogP contribution in [0.2, 0.25) is 0 Å². The zero-order valence-corrected chi connectivity index (χ0v) is 19.1. The number of nitrogens with zero attached hydrogens (tertiary/aromatic N) is 3. The molecule has 0 spiro atoms. The fourth-order valence-electron chi connectivity index (χ4n) is 3.23. The molecule has 0 saturated carbocycles. The second kappa shape index (κ2) is 10.8. The first-order valence-electron chi connectivity index (χ1n) is 10.4. The molecule has 4 rings (SSSR count). The highest BCUT2D eigenvalue weighted by atomic mass is 32.2. The molecule has 0 aliphatic heterocycles. The van der Waals surface area contributed by atoms with Crippen molar-refractivity contribution in [2.75, 3.05) is 12.9 Å². The molecule has 0 fully saturated rings. The van der Waals surface area contributed by atoms with Crippen molar-refractivity contribution in [1.29, 1.82) is 0 Å². The molecule has 0 radical (unpaired) electrons. The molecule has 0 aliphatic rings. The first-order valence-corrected chi connectivity index (χ1v) is 11.4. The standard InChI is InChI=1S/C25H21FN4O3S/c1-33-19-13-11-17(12-14-19)22(31)16-34-25-29-28-23(30(25)18-7-3-2-4-8-18)15-27-24(32)20-9-5-6-10-21(20)26/h2-14H,15-16H2,1H3,(H,27,32). The maximum atomic E-state index is 13.9. The summed E-state index contributed by atoms with van der Waals surface area (Å²) in [5.74, 6) is 0.0660. The molecule has 0 aliphatic carbocycles. The number of aromatic nitrogens is 3. The van der Waals surface area contributed by atoms with E-state index in [1.165, 1.54) is 30.0 Å². The Hall–Kier alpha value is -3.98. The van der Waals surface area contributed by atoms with Gasteiger partial charge in [0.1, 0.15) is 11.6 Å². The van der Waals surface area contributed by atoms with E-state index in [1.54, 1.807) is 42.0 Å². The number of nitrogens with one attached hydrogen (secondary N) is 1. The number of carbonyl (C=O) groups is 2. The van der Waals surface area contributed by atoms with Crippen LogP contribution in [0.4, 0.5) is 4.39 Å². The van der Waals surface area contributed by atoms with Gasteiger partial charge in [0.05, 0.1) is 25.0 Å². The molecule has 1 amide bonds. The lowest BCUT2D eigenvalue weighted by Gasteiger charge is -2.11. The second-order valence-electron chi connectivity index (χ2n) is 7.17. The number of methoxy groups -OCH3 is 1. The SMILES string of the molecule is COc1ccc(C(=O)CSc2nnc(CNC(=O)c3ccccc3F)n2-c2ccccc2)cc1. The van der Waals surface area contributed by atoms with Crippen LogP contribution in [-0.2, 0) is 6.54 Å². The molecule has 0 atom stereocenters. The summed E-state index contributed by atoms with van der Waals surface area (Å²) in [6.45, 7) is 0.0298. The van der Waals surface area contributed by atoms with Crippen LogP contribution in [0.3, 0.4) is 0 Å². The van der Waals surface area contributed by atoms with Gasteiger partial charge in [0, 0.05) is 11.3 Å². The summed E-state index contributed by atoms with van der Waals surface area (Å²) in [5.41, 5.74) is 1.30. The third-order valence-corrected chi connectivity index (χ3v) is 5.91. The molecule has 34 heavy (non-hydrogen) atoms. The highest BCUT2D eigenvalue weighted by Crippen LogP contribution is 2.23. The lowest BCUT2D eigenvalue weighted by molar-refractivity contribution is 0.0944. The lowest BCUT2D eigenvalue weighted by Crippen LogP contribution is -2.25. The number of hydrogen-bond donors (Lipinski definition) is 1. The van der Waals surface area contributed by atoms with Gasteiger partial charge in [-0.05, 0) is 48.5 Å². The van der Waals surface area contributed by atoms with Crippen molar-refractivity contribution in [3.63, 3.8) is 0 Å². The Morgan fingerprint density at radius 2 is 1.68 bits per heavy atom. The molecular weight excluding hydrogens is 455 g/mol. The van der Waals surface area contributed by atoms with Crippen LogP contribution < -0.4 is 10.1 Å². The molecule has 4 aromatic rings. The van der Waals surface area contributed by atoms with Gasteiger partial charge in [-0.2, -0.15) is 0 Å². The monoisotopic (exact) mass is 476 g/mol. The van der Waals surface area contributed by atoms with Gasteiger partial charge in [-0.3, -0.25) is 14.2 Å². The number of benzene rings is 3. The Morgan fingerprint density at radius 1 is 0.971 bits per heavy atom. The topological polar surface area (TPSA) is 86.1 Å². The van der Waals surface area contributed by atoms with E-state index >= 15 is 0 Å². The maximum absolute atomic E-state index is 13.9. The molecule has 0 bridgehead atoms. The third kappa shape index (κ3) is 5.32. The smallest absolute Gasteiger partial charge is 0.254 e. The molecule has 9 heteroatoms. The molecule has 172 valence electrons. The Kier molecular flexibility index (Phi) is 7.34. The summed E-state index contributed by atoms with van der Waals surface area (Å²) in [5, 5.41) is 11.6.